The fourth-order valence-corrected chi connectivity index (χ4v) is 4.00. The minimum Gasteiger partial charge on any atom is -0.306 e. The third-order valence-corrected chi connectivity index (χ3v) is 5.33. The highest BCUT2D eigenvalue weighted by Gasteiger charge is 2.22. The number of para-hydroxylation sites is 1. The molecule has 0 bridgehead atoms. The minimum atomic E-state index is -0.618. The van der Waals surface area contributed by atoms with Gasteiger partial charge in [0, 0.05) is 16.5 Å². The molecule has 1 heterocycles. The molecule has 5 rings (SSSR count). The van der Waals surface area contributed by atoms with Gasteiger partial charge in [0.1, 0.15) is 6.07 Å². The Morgan fingerprint density at radius 2 is 1.37 bits per heavy atom. The van der Waals surface area contributed by atoms with Crippen molar-refractivity contribution in [1.29, 1.82) is 10.5 Å². The van der Waals surface area contributed by atoms with Crippen LogP contribution >= 0.6 is 0 Å². The molecule has 1 aromatic heterocycles. The summed E-state index contributed by atoms with van der Waals surface area (Å²) in [6, 6.07) is 30.6. The molecular weight excluding hydrogens is 373 g/mol. The second-order valence-corrected chi connectivity index (χ2v) is 7.00. The Morgan fingerprint density at radius 3 is 2.03 bits per heavy atom. The molecule has 0 amide bonds. The SMILES string of the molecule is N#Cc1cc(C#N)c2c3cc(-c4ccccc4)ccc3n(-c3ccccc3)c2c1F. The van der Waals surface area contributed by atoms with Crippen molar-refractivity contribution < 1.29 is 4.39 Å². The Kier molecular flexibility index (Phi) is 4.05. The molecule has 0 atom stereocenters. The van der Waals surface area contributed by atoms with Crippen LogP contribution in [0.25, 0.3) is 38.6 Å². The third kappa shape index (κ3) is 2.56. The molecule has 0 saturated carbocycles. The van der Waals surface area contributed by atoms with Crippen LogP contribution in [0.15, 0.2) is 84.9 Å². The highest BCUT2D eigenvalue weighted by atomic mass is 19.1. The molecule has 0 radical (unpaired) electrons. The molecule has 4 aromatic carbocycles. The van der Waals surface area contributed by atoms with Gasteiger partial charge in [0.05, 0.1) is 28.2 Å². The van der Waals surface area contributed by atoms with Crippen LogP contribution < -0.4 is 0 Å². The number of halogens is 1. The monoisotopic (exact) mass is 387 g/mol. The first kappa shape index (κ1) is 17.7. The Hall–Kier alpha value is -4.41. The van der Waals surface area contributed by atoms with Gasteiger partial charge in [-0.1, -0.05) is 54.6 Å². The largest absolute Gasteiger partial charge is 0.306 e. The van der Waals surface area contributed by atoms with Gasteiger partial charge in [-0.15, -0.1) is 0 Å². The van der Waals surface area contributed by atoms with Crippen LogP contribution in [0.3, 0.4) is 0 Å². The molecule has 0 saturated heterocycles. The lowest BCUT2D eigenvalue weighted by Crippen LogP contribution is -1.98. The molecule has 4 heteroatoms. The van der Waals surface area contributed by atoms with Gasteiger partial charge < -0.3 is 4.57 Å². The van der Waals surface area contributed by atoms with Crippen molar-refractivity contribution in [3.8, 4) is 29.0 Å². The van der Waals surface area contributed by atoms with E-state index in [9.17, 15) is 10.5 Å². The Bertz CT molecular complexity index is 1500. The highest BCUT2D eigenvalue weighted by molar-refractivity contribution is 6.13. The number of hydrogen-bond donors (Lipinski definition) is 0. The van der Waals surface area contributed by atoms with Crippen molar-refractivity contribution in [2.24, 2.45) is 0 Å². The average Bonchev–Trinajstić information content (AvgIpc) is 3.16. The molecule has 5 aromatic rings. The fraction of sp³-hybridized carbons (Fsp3) is 0. The Morgan fingerprint density at radius 1 is 0.700 bits per heavy atom. The van der Waals surface area contributed by atoms with Crippen molar-refractivity contribution >= 4 is 21.8 Å². The number of hydrogen-bond acceptors (Lipinski definition) is 2. The lowest BCUT2D eigenvalue weighted by Gasteiger charge is -2.09. The summed E-state index contributed by atoms with van der Waals surface area (Å²) < 4.78 is 17.2. The summed E-state index contributed by atoms with van der Waals surface area (Å²) in [7, 11) is 0. The third-order valence-electron chi connectivity index (χ3n) is 5.33. The molecule has 0 fully saturated rings. The maximum atomic E-state index is 15.4. The van der Waals surface area contributed by atoms with E-state index >= 15 is 4.39 Å². The van der Waals surface area contributed by atoms with Gasteiger partial charge in [0.15, 0.2) is 5.82 Å². The van der Waals surface area contributed by atoms with Gasteiger partial charge in [-0.3, -0.25) is 0 Å². The Balaban J connectivity index is 1.99. The Labute approximate surface area is 172 Å². The van der Waals surface area contributed by atoms with Crippen molar-refractivity contribution in [2.45, 2.75) is 0 Å². The van der Waals surface area contributed by atoms with Crippen LogP contribution in [0, 0.1) is 28.5 Å². The quantitative estimate of drug-likeness (QED) is 0.355. The first-order valence-electron chi connectivity index (χ1n) is 9.44. The van der Waals surface area contributed by atoms with Gasteiger partial charge in [-0.25, -0.2) is 4.39 Å². The van der Waals surface area contributed by atoms with E-state index in [4.69, 9.17) is 0 Å². The topological polar surface area (TPSA) is 52.5 Å². The highest BCUT2D eigenvalue weighted by Crippen LogP contribution is 2.38. The van der Waals surface area contributed by atoms with E-state index in [0.29, 0.717) is 5.39 Å². The van der Waals surface area contributed by atoms with Gasteiger partial charge in [-0.2, -0.15) is 10.5 Å². The lowest BCUT2D eigenvalue weighted by molar-refractivity contribution is 0.631. The van der Waals surface area contributed by atoms with Crippen LogP contribution in [0.2, 0.25) is 0 Å². The zero-order valence-electron chi connectivity index (χ0n) is 15.8. The molecule has 3 nitrogen and oxygen atoms in total. The summed E-state index contributed by atoms with van der Waals surface area (Å²) in [6.07, 6.45) is 0. The van der Waals surface area contributed by atoms with Gasteiger partial charge in [0.25, 0.3) is 0 Å². The van der Waals surface area contributed by atoms with E-state index in [2.05, 4.69) is 6.07 Å². The first-order chi connectivity index (χ1) is 14.7. The number of rotatable bonds is 2. The average molecular weight is 387 g/mol. The number of aromatic nitrogens is 1. The predicted octanol–water partition coefficient (Wildman–Crippen LogP) is 6.33. The molecule has 0 unspecified atom stereocenters. The molecule has 0 N–H and O–H groups in total. The second kappa shape index (κ2) is 6.88. The summed E-state index contributed by atoms with van der Waals surface area (Å²) >= 11 is 0. The van der Waals surface area contributed by atoms with Crippen molar-refractivity contribution in [3.05, 3.63) is 102 Å². The summed E-state index contributed by atoms with van der Waals surface area (Å²) in [5.74, 6) is -0.618. The summed E-state index contributed by atoms with van der Waals surface area (Å²) in [5, 5.41) is 20.5. The number of benzene rings is 4. The summed E-state index contributed by atoms with van der Waals surface area (Å²) in [5.41, 5.74) is 3.95. The summed E-state index contributed by atoms with van der Waals surface area (Å²) in [4.78, 5) is 0. The molecular formula is C26H14FN3. The van der Waals surface area contributed by atoms with Crippen LogP contribution in [0.4, 0.5) is 4.39 Å². The van der Waals surface area contributed by atoms with Crippen LogP contribution in [-0.2, 0) is 0 Å². The van der Waals surface area contributed by atoms with Crippen LogP contribution in [0.1, 0.15) is 11.1 Å². The lowest BCUT2D eigenvalue weighted by atomic mass is 10.00. The molecule has 0 aliphatic carbocycles. The molecule has 0 aliphatic rings. The van der Waals surface area contributed by atoms with E-state index < -0.39 is 5.82 Å². The zero-order chi connectivity index (χ0) is 20.7. The van der Waals surface area contributed by atoms with E-state index in [-0.39, 0.29) is 16.6 Å². The van der Waals surface area contributed by atoms with Gasteiger partial charge >= 0.3 is 0 Å². The fourth-order valence-electron chi connectivity index (χ4n) is 4.00. The van der Waals surface area contributed by atoms with Crippen molar-refractivity contribution in [3.63, 3.8) is 0 Å². The van der Waals surface area contributed by atoms with E-state index in [1.54, 1.807) is 4.57 Å². The summed E-state index contributed by atoms with van der Waals surface area (Å²) in [6.45, 7) is 0. The van der Waals surface area contributed by atoms with Crippen molar-refractivity contribution in [2.75, 3.05) is 0 Å². The standard InChI is InChI=1S/C26H14FN3/c27-25-20(16-29)13-19(15-28)24-22-14-18(17-7-3-1-4-8-17)11-12-23(22)30(26(24)25)21-9-5-2-6-10-21/h1-14H. The first-order valence-corrected chi connectivity index (χ1v) is 9.44. The molecule has 0 spiro atoms. The van der Waals surface area contributed by atoms with Crippen molar-refractivity contribution in [1.82, 2.24) is 4.57 Å². The molecule has 0 aliphatic heterocycles. The number of fused-ring (bicyclic) bond motifs is 3. The van der Waals surface area contributed by atoms with Gasteiger partial charge in [-0.05, 0) is 41.5 Å². The van der Waals surface area contributed by atoms with Crippen LogP contribution in [0.5, 0.6) is 0 Å². The second-order valence-electron chi connectivity index (χ2n) is 7.00. The maximum absolute atomic E-state index is 15.4. The van der Waals surface area contributed by atoms with Gasteiger partial charge in [0.2, 0.25) is 0 Å². The predicted molar refractivity (Wildman–Crippen MR) is 116 cm³/mol. The zero-order valence-corrected chi connectivity index (χ0v) is 15.8. The van der Waals surface area contributed by atoms with Crippen LogP contribution in [-0.4, -0.2) is 4.57 Å². The molecule has 140 valence electrons. The number of nitriles is 2. The maximum Gasteiger partial charge on any atom is 0.165 e. The normalized spacial score (nSPS) is 10.8. The van der Waals surface area contributed by atoms with E-state index in [1.165, 1.54) is 6.07 Å². The minimum absolute atomic E-state index is 0.137. The number of nitrogens with zero attached hydrogens (tertiary/aromatic N) is 3. The van der Waals surface area contributed by atoms with E-state index in [0.717, 1.165) is 27.7 Å². The smallest absolute Gasteiger partial charge is 0.165 e. The molecule has 30 heavy (non-hydrogen) atoms. The van der Waals surface area contributed by atoms with E-state index in [1.807, 2.05) is 84.9 Å².